The van der Waals surface area contributed by atoms with Gasteiger partial charge in [-0.2, -0.15) is 0 Å². The van der Waals surface area contributed by atoms with Crippen molar-refractivity contribution in [2.45, 2.75) is 54.4 Å². The standard InChI is InChI=1S/C21H28B/c1-7-14(2)12-19-8-9-20(16(4)13-19)22-21-17(5)10-15(3)11-18(21)6/h8-11,13-14H,7,12H2,1-6H3. The fourth-order valence-electron chi connectivity index (χ4n) is 3.15. The molecule has 2 rings (SSSR count). The molecule has 115 valence electrons. The molecule has 0 aliphatic rings. The molecule has 0 aliphatic carbocycles. The zero-order chi connectivity index (χ0) is 16.3. The Morgan fingerprint density at radius 1 is 0.909 bits per heavy atom. The fourth-order valence-corrected chi connectivity index (χ4v) is 3.15. The first-order valence-electron chi connectivity index (χ1n) is 8.42. The van der Waals surface area contributed by atoms with Gasteiger partial charge in [-0.3, -0.25) is 0 Å². The molecule has 1 heteroatoms. The highest BCUT2D eigenvalue weighted by atomic mass is 14.1. The summed E-state index contributed by atoms with van der Waals surface area (Å²) in [6.45, 7) is 13.4. The van der Waals surface area contributed by atoms with Crippen LogP contribution in [0.4, 0.5) is 0 Å². The molecule has 0 spiro atoms. The van der Waals surface area contributed by atoms with E-state index < -0.39 is 0 Å². The SMILES string of the molecule is CCC(C)Cc1ccc([B]c2c(C)cc(C)cc2C)c(C)c1. The first kappa shape index (κ1) is 16.9. The lowest BCUT2D eigenvalue weighted by molar-refractivity contribution is 0.560. The first-order chi connectivity index (χ1) is 10.4. The summed E-state index contributed by atoms with van der Waals surface area (Å²) in [6, 6.07) is 11.5. The molecule has 1 atom stereocenters. The average molecular weight is 291 g/mol. The number of benzene rings is 2. The van der Waals surface area contributed by atoms with Crippen molar-refractivity contribution in [1.29, 1.82) is 0 Å². The molecule has 2 aromatic rings. The van der Waals surface area contributed by atoms with Gasteiger partial charge in [0.2, 0.25) is 0 Å². The van der Waals surface area contributed by atoms with Crippen LogP contribution in [0, 0.1) is 33.6 Å². The maximum absolute atomic E-state index is 2.36. The second-order valence-electron chi connectivity index (χ2n) is 6.87. The monoisotopic (exact) mass is 291 g/mol. The molecule has 0 aliphatic heterocycles. The smallest absolute Gasteiger partial charge is 0.0785 e. The summed E-state index contributed by atoms with van der Waals surface area (Å²) in [6.07, 6.45) is 2.43. The summed E-state index contributed by atoms with van der Waals surface area (Å²) in [5, 5.41) is 0. The highest BCUT2D eigenvalue weighted by Crippen LogP contribution is 2.12. The first-order valence-corrected chi connectivity index (χ1v) is 8.42. The van der Waals surface area contributed by atoms with Crippen molar-refractivity contribution in [3.63, 3.8) is 0 Å². The van der Waals surface area contributed by atoms with E-state index in [-0.39, 0.29) is 0 Å². The minimum atomic E-state index is 0.760. The van der Waals surface area contributed by atoms with Crippen LogP contribution in [0.5, 0.6) is 0 Å². The number of hydrogen-bond donors (Lipinski definition) is 0. The van der Waals surface area contributed by atoms with Crippen LogP contribution in [0.3, 0.4) is 0 Å². The Labute approximate surface area is 137 Å². The van der Waals surface area contributed by atoms with Crippen LogP contribution in [0.25, 0.3) is 0 Å². The molecule has 0 saturated carbocycles. The van der Waals surface area contributed by atoms with Crippen LogP contribution in [0.1, 0.15) is 48.1 Å². The van der Waals surface area contributed by atoms with E-state index >= 15 is 0 Å². The van der Waals surface area contributed by atoms with Crippen molar-refractivity contribution in [2.24, 2.45) is 5.92 Å². The molecule has 0 bridgehead atoms. The van der Waals surface area contributed by atoms with Gasteiger partial charge in [0.25, 0.3) is 0 Å². The van der Waals surface area contributed by atoms with Crippen molar-refractivity contribution in [3.8, 4) is 0 Å². The van der Waals surface area contributed by atoms with Gasteiger partial charge in [-0.25, -0.2) is 0 Å². The number of aryl methyl sites for hydroxylation is 4. The van der Waals surface area contributed by atoms with Gasteiger partial charge in [0.05, 0.1) is 0 Å². The van der Waals surface area contributed by atoms with E-state index in [0.29, 0.717) is 0 Å². The summed E-state index contributed by atoms with van der Waals surface area (Å²) < 4.78 is 0. The Hall–Kier alpha value is -1.50. The molecule has 1 radical (unpaired) electrons. The van der Waals surface area contributed by atoms with Crippen molar-refractivity contribution >= 4 is 18.2 Å². The Morgan fingerprint density at radius 3 is 2.09 bits per heavy atom. The molecular weight excluding hydrogens is 263 g/mol. The van der Waals surface area contributed by atoms with E-state index in [2.05, 4.69) is 79.2 Å². The lowest BCUT2D eigenvalue weighted by Gasteiger charge is -2.14. The lowest BCUT2D eigenvalue weighted by atomic mass is 9.59. The van der Waals surface area contributed by atoms with Gasteiger partial charge in [-0.05, 0) is 45.6 Å². The summed E-state index contributed by atoms with van der Waals surface area (Å²) in [7, 11) is 2.34. The molecule has 22 heavy (non-hydrogen) atoms. The van der Waals surface area contributed by atoms with Crippen LogP contribution in [-0.4, -0.2) is 7.28 Å². The second kappa shape index (κ2) is 7.18. The van der Waals surface area contributed by atoms with Crippen molar-refractivity contribution in [1.82, 2.24) is 0 Å². The second-order valence-corrected chi connectivity index (χ2v) is 6.87. The maximum Gasteiger partial charge on any atom is 0.192 e. The zero-order valence-corrected chi connectivity index (χ0v) is 15.0. The molecule has 1 unspecified atom stereocenters. The minimum Gasteiger partial charge on any atom is -0.0785 e. The third-order valence-electron chi connectivity index (χ3n) is 4.65. The fraction of sp³-hybridized carbons (Fsp3) is 0.429. The molecule has 0 N–H and O–H groups in total. The van der Waals surface area contributed by atoms with E-state index in [0.717, 1.165) is 5.92 Å². The molecule has 0 nitrogen and oxygen atoms in total. The summed E-state index contributed by atoms with van der Waals surface area (Å²) in [5.74, 6) is 0.760. The average Bonchev–Trinajstić information content (AvgIpc) is 2.44. The van der Waals surface area contributed by atoms with E-state index in [1.807, 2.05) is 0 Å². The van der Waals surface area contributed by atoms with E-state index in [4.69, 9.17) is 0 Å². The van der Waals surface area contributed by atoms with Gasteiger partial charge >= 0.3 is 0 Å². The molecule has 0 fully saturated rings. The highest BCUT2D eigenvalue weighted by molar-refractivity contribution is 6.68. The molecule has 0 saturated heterocycles. The highest BCUT2D eigenvalue weighted by Gasteiger charge is 2.10. The van der Waals surface area contributed by atoms with Gasteiger partial charge in [-0.15, -0.1) is 0 Å². The van der Waals surface area contributed by atoms with E-state index in [9.17, 15) is 0 Å². The molecule has 0 amide bonds. The van der Waals surface area contributed by atoms with E-state index in [1.165, 1.54) is 51.6 Å². The molecule has 0 heterocycles. The van der Waals surface area contributed by atoms with Gasteiger partial charge < -0.3 is 0 Å². The Morgan fingerprint density at radius 2 is 1.55 bits per heavy atom. The lowest BCUT2D eigenvalue weighted by Crippen LogP contribution is -2.33. The Kier molecular flexibility index (Phi) is 5.50. The summed E-state index contributed by atoms with van der Waals surface area (Å²) in [5.41, 5.74) is 9.60. The largest absolute Gasteiger partial charge is 0.192 e. The van der Waals surface area contributed by atoms with Gasteiger partial charge in [0.15, 0.2) is 7.28 Å². The minimum absolute atomic E-state index is 0.760. The normalized spacial score (nSPS) is 12.3. The Bertz CT molecular complexity index is 632. The van der Waals surface area contributed by atoms with Crippen molar-refractivity contribution in [3.05, 3.63) is 58.1 Å². The maximum atomic E-state index is 2.36. The molecule has 2 aromatic carbocycles. The summed E-state index contributed by atoms with van der Waals surface area (Å²) >= 11 is 0. The van der Waals surface area contributed by atoms with Gasteiger partial charge in [-0.1, -0.05) is 83.8 Å². The topological polar surface area (TPSA) is 0 Å². The third kappa shape index (κ3) is 4.03. The van der Waals surface area contributed by atoms with E-state index in [1.54, 1.807) is 0 Å². The summed E-state index contributed by atoms with van der Waals surface area (Å²) in [4.78, 5) is 0. The predicted molar refractivity (Wildman–Crippen MR) is 100 cm³/mol. The van der Waals surface area contributed by atoms with Gasteiger partial charge in [0, 0.05) is 0 Å². The van der Waals surface area contributed by atoms with Crippen molar-refractivity contribution < 1.29 is 0 Å². The van der Waals surface area contributed by atoms with Gasteiger partial charge in [0.1, 0.15) is 0 Å². The number of rotatable bonds is 5. The third-order valence-corrected chi connectivity index (χ3v) is 4.65. The van der Waals surface area contributed by atoms with Crippen LogP contribution < -0.4 is 10.9 Å². The van der Waals surface area contributed by atoms with Crippen LogP contribution in [0.15, 0.2) is 30.3 Å². The Balaban J connectivity index is 2.24. The zero-order valence-electron chi connectivity index (χ0n) is 15.0. The van der Waals surface area contributed by atoms with Crippen LogP contribution >= 0.6 is 0 Å². The molecule has 0 aromatic heterocycles. The van der Waals surface area contributed by atoms with Crippen LogP contribution in [0.2, 0.25) is 0 Å². The molecular formula is C21H28B. The van der Waals surface area contributed by atoms with Crippen LogP contribution in [-0.2, 0) is 6.42 Å². The number of hydrogen-bond acceptors (Lipinski definition) is 0. The predicted octanol–water partition coefficient (Wildman–Crippen LogP) is 4.16. The van der Waals surface area contributed by atoms with Crippen molar-refractivity contribution in [2.75, 3.05) is 0 Å². The quantitative estimate of drug-likeness (QED) is 0.725.